The first-order valence-electron chi connectivity index (χ1n) is 4.85. The fraction of sp³-hybridized carbons (Fsp3) is 0.200. The van der Waals surface area contributed by atoms with E-state index in [0.717, 1.165) is 23.7 Å². The van der Waals surface area contributed by atoms with E-state index in [1.54, 1.807) is 4.57 Å². The Bertz CT molecular complexity index is 591. The molecule has 0 fully saturated rings. The largest absolute Gasteiger partial charge is 0.504 e. The zero-order valence-corrected chi connectivity index (χ0v) is 9.28. The molecule has 7 nitrogen and oxygen atoms in total. The molecule has 0 bridgehead atoms. The number of nitro groups is 1. The molecule has 2 aromatic heterocycles. The fourth-order valence-corrected chi connectivity index (χ4v) is 1.43. The van der Waals surface area contributed by atoms with Crippen LogP contribution in [-0.4, -0.2) is 24.6 Å². The zero-order chi connectivity index (χ0) is 12.6. The molecule has 1 N–H and O–H groups in total. The van der Waals surface area contributed by atoms with Crippen molar-refractivity contribution in [2.45, 2.75) is 13.8 Å². The predicted octanol–water partition coefficient (Wildman–Crippen LogP) is 1.50. The molecule has 7 heteroatoms. The topological polar surface area (TPSA) is 94.1 Å². The number of aromatic hydroxyl groups is 1. The van der Waals surface area contributed by atoms with Gasteiger partial charge in [-0.3, -0.25) is 14.7 Å². The molecule has 0 unspecified atom stereocenters. The molecule has 0 saturated carbocycles. The Kier molecular flexibility index (Phi) is 2.51. The molecule has 0 aliphatic rings. The van der Waals surface area contributed by atoms with E-state index in [4.69, 9.17) is 0 Å². The van der Waals surface area contributed by atoms with Crippen molar-refractivity contribution in [3.8, 4) is 11.6 Å². The summed E-state index contributed by atoms with van der Waals surface area (Å²) >= 11 is 0. The van der Waals surface area contributed by atoms with Gasteiger partial charge >= 0.3 is 0 Å². The van der Waals surface area contributed by atoms with E-state index < -0.39 is 4.92 Å². The Morgan fingerprint density at radius 3 is 2.59 bits per heavy atom. The molecular weight excluding hydrogens is 224 g/mol. The molecule has 0 aromatic carbocycles. The highest BCUT2D eigenvalue weighted by Gasteiger charge is 2.14. The number of aromatic nitrogens is 3. The van der Waals surface area contributed by atoms with Crippen molar-refractivity contribution in [3.63, 3.8) is 0 Å². The highest BCUT2D eigenvalue weighted by molar-refractivity contribution is 5.47. The SMILES string of the molecule is Cc1ncn(-c2ncc([N+](=O)[O-])cc2O)c1C. The molecule has 0 saturated heterocycles. The van der Waals surface area contributed by atoms with E-state index >= 15 is 0 Å². The number of aryl methyl sites for hydroxylation is 1. The average molecular weight is 234 g/mol. The van der Waals surface area contributed by atoms with Crippen molar-refractivity contribution in [2.24, 2.45) is 0 Å². The van der Waals surface area contributed by atoms with Gasteiger partial charge in [-0.05, 0) is 13.8 Å². The summed E-state index contributed by atoms with van der Waals surface area (Å²) < 4.78 is 1.58. The van der Waals surface area contributed by atoms with Gasteiger partial charge in [0.1, 0.15) is 12.5 Å². The Morgan fingerprint density at radius 1 is 1.41 bits per heavy atom. The monoisotopic (exact) mass is 234 g/mol. The van der Waals surface area contributed by atoms with Crippen molar-refractivity contribution in [2.75, 3.05) is 0 Å². The van der Waals surface area contributed by atoms with Gasteiger partial charge in [-0.15, -0.1) is 0 Å². The molecule has 0 radical (unpaired) electrons. The van der Waals surface area contributed by atoms with Crippen LogP contribution in [0.25, 0.3) is 5.82 Å². The van der Waals surface area contributed by atoms with Crippen LogP contribution in [0.4, 0.5) is 5.69 Å². The summed E-state index contributed by atoms with van der Waals surface area (Å²) in [5, 5.41) is 20.2. The number of hydrogen-bond donors (Lipinski definition) is 1. The van der Waals surface area contributed by atoms with E-state index in [0.29, 0.717) is 0 Å². The summed E-state index contributed by atoms with van der Waals surface area (Å²) in [6.07, 6.45) is 2.61. The van der Waals surface area contributed by atoms with Crippen molar-refractivity contribution in [3.05, 3.63) is 40.1 Å². The standard InChI is InChI=1S/C10H10N4O3/c1-6-7(2)13(5-12-6)10-9(15)3-8(4-11-10)14(16)17/h3-5,15H,1-2H3. The lowest BCUT2D eigenvalue weighted by Crippen LogP contribution is -2.00. The maximum absolute atomic E-state index is 10.5. The normalized spacial score (nSPS) is 10.5. The molecular formula is C10H10N4O3. The fourth-order valence-electron chi connectivity index (χ4n) is 1.43. The second-order valence-corrected chi connectivity index (χ2v) is 3.58. The number of hydrogen-bond acceptors (Lipinski definition) is 5. The number of rotatable bonds is 2. The summed E-state index contributed by atoms with van der Waals surface area (Å²) in [5.41, 5.74) is 1.38. The van der Waals surface area contributed by atoms with E-state index in [1.807, 2.05) is 13.8 Å². The molecule has 17 heavy (non-hydrogen) atoms. The van der Waals surface area contributed by atoms with Crippen LogP contribution in [0.1, 0.15) is 11.4 Å². The van der Waals surface area contributed by atoms with Crippen LogP contribution >= 0.6 is 0 Å². The minimum Gasteiger partial charge on any atom is -0.504 e. The van der Waals surface area contributed by atoms with Gasteiger partial charge in [0.15, 0.2) is 11.6 Å². The summed E-state index contributed by atoms with van der Waals surface area (Å²) in [7, 11) is 0. The minimum absolute atomic E-state index is 0.230. The van der Waals surface area contributed by atoms with Crippen LogP contribution in [0.5, 0.6) is 5.75 Å². The minimum atomic E-state index is -0.609. The lowest BCUT2D eigenvalue weighted by atomic mass is 10.3. The van der Waals surface area contributed by atoms with Crippen LogP contribution in [0.3, 0.4) is 0 Å². The van der Waals surface area contributed by atoms with E-state index in [9.17, 15) is 15.2 Å². The van der Waals surface area contributed by atoms with Gasteiger partial charge in [-0.25, -0.2) is 9.97 Å². The summed E-state index contributed by atoms with van der Waals surface area (Å²) in [4.78, 5) is 17.8. The Balaban J connectivity index is 2.54. The molecule has 2 aromatic rings. The molecule has 0 atom stereocenters. The van der Waals surface area contributed by atoms with Crippen LogP contribution in [0.2, 0.25) is 0 Å². The van der Waals surface area contributed by atoms with E-state index in [2.05, 4.69) is 9.97 Å². The van der Waals surface area contributed by atoms with Crippen molar-refractivity contribution in [1.82, 2.24) is 14.5 Å². The number of nitrogens with zero attached hydrogens (tertiary/aromatic N) is 4. The number of pyridine rings is 1. The first-order valence-corrected chi connectivity index (χ1v) is 4.85. The third kappa shape index (κ3) is 1.82. The van der Waals surface area contributed by atoms with Gasteiger partial charge in [0.25, 0.3) is 5.69 Å². The Morgan fingerprint density at radius 2 is 2.12 bits per heavy atom. The highest BCUT2D eigenvalue weighted by Crippen LogP contribution is 2.25. The molecule has 0 amide bonds. The molecule has 0 spiro atoms. The summed E-state index contributed by atoms with van der Waals surface area (Å²) in [6.45, 7) is 3.65. The summed E-state index contributed by atoms with van der Waals surface area (Å²) in [6, 6.07) is 1.07. The van der Waals surface area contributed by atoms with Crippen LogP contribution in [-0.2, 0) is 0 Å². The van der Waals surface area contributed by atoms with Crippen LogP contribution in [0, 0.1) is 24.0 Å². The van der Waals surface area contributed by atoms with Crippen LogP contribution < -0.4 is 0 Å². The molecule has 88 valence electrons. The quantitative estimate of drug-likeness (QED) is 0.627. The highest BCUT2D eigenvalue weighted by atomic mass is 16.6. The number of imidazole rings is 1. The van der Waals surface area contributed by atoms with Crippen molar-refractivity contribution >= 4 is 5.69 Å². The van der Waals surface area contributed by atoms with Crippen molar-refractivity contribution in [1.29, 1.82) is 0 Å². The average Bonchev–Trinajstić information content (AvgIpc) is 2.60. The van der Waals surface area contributed by atoms with Crippen LogP contribution in [0.15, 0.2) is 18.6 Å². The smallest absolute Gasteiger partial charge is 0.291 e. The lowest BCUT2D eigenvalue weighted by Gasteiger charge is -2.06. The Labute approximate surface area is 96.5 Å². The van der Waals surface area contributed by atoms with Gasteiger partial charge in [0.05, 0.1) is 16.7 Å². The van der Waals surface area contributed by atoms with Gasteiger partial charge in [0.2, 0.25) is 0 Å². The molecule has 0 aliphatic heterocycles. The zero-order valence-electron chi connectivity index (χ0n) is 9.28. The van der Waals surface area contributed by atoms with Gasteiger partial charge < -0.3 is 5.11 Å². The van der Waals surface area contributed by atoms with Crippen molar-refractivity contribution < 1.29 is 10.0 Å². The lowest BCUT2D eigenvalue weighted by molar-refractivity contribution is -0.385. The van der Waals surface area contributed by atoms with E-state index in [1.165, 1.54) is 6.33 Å². The molecule has 2 rings (SSSR count). The van der Waals surface area contributed by atoms with Gasteiger partial charge in [-0.2, -0.15) is 0 Å². The summed E-state index contributed by atoms with van der Waals surface area (Å²) in [5.74, 6) is -0.0200. The predicted molar refractivity (Wildman–Crippen MR) is 59.2 cm³/mol. The van der Waals surface area contributed by atoms with Gasteiger partial charge in [0, 0.05) is 5.69 Å². The maximum atomic E-state index is 10.5. The first kappa shape index (κ1) is 11.1. The first-order chi connectivity index (χ1) is 8.00. The molecule has 2 heterocycles. The Hall–Kier alpha value is -2.44. The van der Waals surface area contributed by atoms with E-state index in [-0.39, 0.29) is 17.3 Å². The second-order valence-electron chi connectivity index (χ2n) is 3.58. The van der Waals surface area contributed by atoms with Gasteiger partial charge in [-0.1, -0.05) is 0 Å². The maximum Gasteiger partial charge on any atom is 0.291 e. The second kappa shape index (κ2) is 3.85. The third-order valence-corrected chi connectivity index (χ3v) is 2.52. The molecule has 0 aliphatic carbocycles. The third-order valence-electron chi connectivity index (χ3n) is 2.52.